The normalized spacial score (nSPS) is 10.3. The first-order chi connectivity index (χ1) is 7.19. The van der Waals surface area contributed by atoms with Crippen molar-refractivity contribution in [3.63, 3.8) is 0 Å². The standard InChI is InChI=1S/C10H16N2O3/c1-3-12(5-4-6-13)10(14)9-7-8(2)15-11-9/h7,13H,3-6H2,1-2H3. The van der Waals surface area contributed by atoms with Gasteiger partial charge in [-0.2, -0.15) is 0 Å². The zero-order valence-corrected chi connectivity index (χ0v) is 9.06. The van der Waals surface area contributed by atoms with Crippen molar-refractivity contribution in [1.29, 1.82) is 0 Å². The number of hydrogen-bond donors (Lipinski definition) is 1. The van der Waals surface area contributed by atoms with E-state index in [-0.39, 0.29) is 12.5 Å². The van der Waals surface area contributed by atoms with E-state index in [1.807, 2.05) is 6.92 Å². The molecule has 1 aromatic rings. The first-order valence-electron chi connectivity index (χ1n) is 5.02. The molecule has 0 atom stereocenters. The Labute approximate surface area is 88.7 Å². The van der Waals surface area contributed by atoms with Crippen LogP contribution in [0.2, 0.25) is 0 Å². The zero-order valence-electron chi connectivity index (χ0n) is 9.06. The number of amides is 1. The molecule has 0 aliphatic carbocycles. The van der Waals surface area contributed by atoms with E-state index in [1.54, 1.807) is 17.9 Å². The van der Waals surface area contributed by atoms with Gasteiger partial charge in [-0.15, -0.1) is 0 Å². The average molecular weight is 212 g/mol. The molecule has 1 N–H and O–H groups in total. The minimum Gasteiger partial charge on any atom is -0.396 e. The van der Waals surface area contributed by atoms with Gasteiger partial charge in [0.15, 0.2) is 5.69 Å². The average Bonchev–Trinajstić information content (AvgIpc) is 2.65. The van der Waals surface area contributed by atoms with Crippen molar-refractivity contribution in [1.82, 2.24) is 10.1 Å². The number of nitrogens with zero attached hydrogens (tertiary/aromatic N) is 2. The van der Waals surface area contributed by atoms with Gasteiger partial charge in [0, 0.05) is 25.8 Å². The number of hydrogen-bond acceptors (Lipinski definition) is 4. The molecule has 0 saturated heterocycles. The highest BCUT2D eigenvalue weighted by molar-refractivity contribution is 5.92. The Morgan fingerprint density at radius 2 is 2.40 bits per heavy atom. The molecule has 0 aliphatic rings. The second kappa shape index (κ2) is 5.50. The summed E-state index contributed by atoms with van der Waals surface area (Å²) in [6, 6.07) is 1.62. The van der Waals surface area contributed by atoms with Gasteiger partial charge < -0.3 is 14.5 Å². The van der Waals surface area contributed by atoms with Crippen LogP contribution in [0.25, 0.3) is 0 Å². The van der Waals surface area contributed by atoms with Gasteiger partial charge in [-0.3, -0.25) is 4.79 Å². The lowest BCUT2D eigenvalue weighted by Gasteiger charge is -2.18. The van der Waals surface area contributed by atoms with E-state index >= 15 is 0 Å². The fraction of sp³-hybridized carbons (Fsp3) is 0.600. The molecule has 0 radical (unpaired) electrons. The molecular formula is C10H16N2O3. The fourth-order valence-electron chi connectivity index (χ4n) is 1.29. The number of carbonyl (C=O) groups excluding carboxylic acids is 1. The SMILES string of the molecule is CCN(CCCO)C(=O)c1cc(C)on1. The van der Waals surface area contributed by atoms with Crippen molar-refractivity contribution >= 4 is 5.91 Å². The molecule has 1 aromatic heterocycles. The molecule has 5 heteroatoms. The van der Waals surface area contributed by atoms with Gasteiger partial charge in [0.25, 0.3) is 5.91 Å². The molecule has 0 unspecified atom stereocenters. The third kappa shape index (κ3) is 3.06. The summed E-state index contributed by atoms with van der Waals surface area (Å²) in [7, 11) is 0. The summed E-state index contributed by atoms with van der Waals surface area (Å²) < 4.78 is 4.84. The first-order valence-corrected chi connectivity index (χ1v) is 5.02. The van der Waals surface area contributed by atoms with E-state index in [4.69, 9.17) is 9.63 Å². The summed E-state index contributed by atoms with van der Waals surface area (Å²) in [5.74, 6) is 0.472. The number of aliphatic hydroxyl groups excluding tert-OH is 1. The van der Waals surface area contributed by atoms with Crippen LogP contribution in [0.3, 0.4) is 0 Å². The number of carbonyl (C=O) groups is 1. The molecule has 1 heterocycles. The topological polar surface area (TPSA) is 66.6 Å². The van der Waals surface area contributed by atoms with Crippen LogP contribution in [0.4, 0.5) is 0 Å². The highest BCUT2D eigenvalue weighted by atomic mass is 16.5. The van der Waals surface area contributed by atoms with Crippen LogP contribution in [0.5, 0.6) is 0 Å². The number of aromatic nitrogens is 1. The molecular weight excluding hydrogens is 196 g/mol. The predicted octanol–water partition coefficient (Wildman–Crippen LogP) is 0.828. The Hall–Kier alpha value is -1.36. The zero-order chi connectivity index (χ0) is 11.3. The first kappa shape index (κ1) is 11.7. The van der Waals surface area contributed by atoms with Gasteiger partial charge in [-0.25, -0.2) is 0 Å². The summed E-state index contributed by atoms with van der Waals surface area (Å²) >= 11 is 0. The van der Waals surface area contributed by atoms with Crippen LogP contribution in [0.1, 0.15) is 29.6 Å². The van der Waals surface area contributed by atoms with Crippen LogP contribution in [-0.2, 0) is 0 Å². The molecule has 1 rings (SSSR count). The van der Waals surface area contributed by atoms with Crippen molar-refractivity contribution in [2.24, 2.45) is 0 Å². The van der Waals surface area contributed by atoms with Crippen LogP contribution >= 0.6 is 0 Å². The van der Waals surface area contributed by atoms with E-state index in [1.165, 1.54) is 0 Å². The monoisotopic (exact) mass is 212 g/mol. The van der Waals surface area contributed by atoms with E-state index in [0.29, 0.717) is 31.0 Å². The van der Waals surface area contributed by atoms with Crippen LogP contribution in [0, 0.1) is 6.92 Å². The quantitative estimate of drug-likeness (QED) is 0.785. The molecule has 15 heavy (non-hydrogen) atoms. The van der Waals surface area contributed by atoms with Crippen molar-refractivity contribution in [3.05, 3.63) is 17.5 Å². The molecule has 0 fully saturated rings. The predicted molar refractivity (Wildman–Crippen MR) is 54.5 cm³/mol. The van der Waals surface area contributed by atoms with Crippen LogP contribution in [0.15, 0.2) is 10.6 Å². The Morgan fingerprint density at radius 1 is 1.67 bits per heavy atom. The summed E-state index contributed by atoms with van der Waals surface area (Å²) in [6.45, 7) is 4.86. The van der Waals surface area contributed by atoms with Crippen molar-refractivity contribution < 1.29 is 14.4 Å². The summed E-state index contributed by atoms with van der Waals surface area (Å²) in [5, 5.41) is 12.4. The molecule has 5 nitrogen and oxygen atoms in total. The van der Waals surface area contributed by atoms with E-state index in [9.17, 15) is 4.79 Å². The number of rotatable bonds is 5. The van der Waals surface area contributed by atoms with Crippen molar-refractivity contribution in [2.45, 2.75) is 20.3 Å². The second-order valence-electron chi connectivity index (χ2n) is 3.28. The van der Waals surface area contributed by atoms with Gasteiger partial charge >= 0.3 is 0 Å². The smallest absolute Gasteiger partial charge is 0.276 e. The molecule has 0 spiro atoms. The van der Waals surface area contributed by atoms with E-state index in [0.717, 1.165) is 0 Å². The Balaban J connectivity index is 2.64. The number of aryl methyl sites for hydroxylation is 1. The van der Waals surface area contributed by atoms with E-state index < -0.39 is 0 Å². The van der Waals surface area contributed by atoms with Gasteiger partial charge in [-0.05, 0) is 20.3 Å². The maximum Gasteiger partial charge on any atom is 0.276 e. The van der Waals surface area contributed by atoms with Gasteiger partial charge in [0.2, 0.25) is 0 Å². The Bertz CT molecular complexity index is 322. The van der Waals surface area contributed by atoms with Crippen LogP contribution < -0.4 is 0 Å². The largest absolute Gasteiger partial charge is 0.396 e. The molecule has 0 aliphatic heterocycles. The van der Waals surface area contributed by atoms with Crippen LogP contribution in [-0.4, -0.2) is 40.8 Å². The number of aliphatic hydroxyl groups is 1. The fourth-order valence-corrected chi connectivity index (χ4v) is 1.29. The second-order valence-corrected chi connectivity index (χ2v) is 3.28. The minimum atomic E-state index is -0.150. The molecule has 0 bridgehead atoms. The Morgan fingerprint density at radius 3 is 2.87 bits per heavy atom. The third-order valence-corrected chi connectivity index (χ3v) is 2.10. The molecule has 0 aromatic carbocycles. The maximum absolute atomic E-state index is 11.8. The highest BCUT2D eigenvalue weighted by Gasteiger charge is 2.17. The molecule has 84 valence electrons. The summed E-state index contributed by atoms with van der Waals surface area (Å²) in [5.41, 5.74) is 0.326. The third-order valence-electron chi connectivity index (χ3n) is 2.10. The lowest BCUT2D eigenvalue weighted by molar-refractivity contribution is 0.0744. The van der Waals surface area contributed by atoms with Gasteiger partial charge in [0.1, 0.15) is 5.76 Å². The van der Waals surface area contributed by atoms with Crippen molar-refractivity contribution in [3.8, 4) is 0 Å². The maximum atomic E-state index is 11.8. The minimum absolute atomic E-state index is 0.0849. The van der Waals surface area contributed by atoms with E-state index in [2.05, 4.69) is 5.16 Å². The van der Waals surface area contributed by atoms with Crippen molar-refractivity contribution in [2.75, 3.05) is 19.7 Å². The summed E-state index contributed by atoms with van der Waals surface area (Å²) in [4.78, 5) is 13.4. The Kier molecular flexibility index (Phi) is 4.30. The lowest BCUT2D eigenvalue weighted by atomic mass is 10.3. The highest BCUT2D eigenvalue weighted by Crippen LogP contribution is 2.06. The van der Waals surface area contributed by atoms with Gasteiger partial charge in [0.05, 0.1) is 0 Å². The lowest BCUT2D eigenvalue weighted by Crippen LogP contribution is -2.32. The molecule has 0 saturated carbocycles. The molecule has 1 amide bonds. The van der Waals surface area contributed by atoms with Gasteiger partial charge in [-0.1, -0.05) is 5.16 Å². The summed E-state index contributed by atoms with van der Waals surface area (Å²) in [6.07, 6.45) is 0.580.